The van der Waals surface area contributed by atoms with Crippen molar-refractivity contribution in [1.82, 2.24) is 0 Å². The van der Waals surface area contributed by atoms with Gasteiger partial charge in [0.2, 0.25) is 0 Å². The molecule has 0 aromatic rings. The second-order valence-corrected chi connectivity index (χ2v) is 11.1. The van der Waals surface area contributed by atoms with E-state index >= 15 is 0 Å². The molecule has 0 bridgehead atoms. The number of ether oxygens (including phenoxy) is 14. The fourth-order valence-corrected chi connectivity index (χ4v) is 4.06. The zero-order valence-corrected chi connectivity index (χ0v) is 32.3. The van der Waals surface area contributed by atoms with Crippen molar-refractivity contribution in [2.24, 2.45) is 5.92 Å². The SMILES string of the molecule is CCCCC(CC)C(=O)OCCOCCOCCOCCOCCOCCOCCOCCOCCOCCOCCOCCOCCOCCO. The molecule has 1 atom stereocenters. The number of hydrogen-bond donors (Lipinski definition) is 1. The van der Waals surface area contributed by atoms with Gasteiger partial charge in [-0.2, -0.15) is 0 Å². The van der Waals surface area contributed by atoms with E-state index in [-0.39, 0.29) is 25.1 Å². The molecule has 0 saturated carbocycles. The van der Waals surface area contributed by atoms with Crippen LogP contribution in [0.2, 0.25) is 0 Å². The summed E-state index contributed by atoms with van der Waals surface area (Å²) in [5.74, 6) is -0.130. The van der Waals surface area contributed by atoms with Crippen molar-refractivity contribution in [3.8, 4) is 0 Å². The molecule has 0 radical (unpaired) electrons. The maximum atomic E-state index is 12.0. The van der Waals surface area contributed by atoms with Crippen LogP contribution in [0.5, 0.6) is 0 Å². The molecule has 0 fully saturated rings. The quantitative estimate of drug-likeness (QED) is 0.0706. The van der Waals surface area contributed by atoms with Gasteiger partial charge < -0.3 is 71.4 Å². The lowest BCUT2D eigenvalue weighted by atomic mass is 10.00. The summed E-state index contributed by atoms with van der Waals surface area (Å²) in [5, 5.41) is 8.59. The first-order valence-electron chi connectivity index (χ1n) is 19.0. The normalized spacial score (nSPS) is 12.1. The van der Waals surface area contributed by atoms with Gasteiger partial charge in [-0.1, -0.05) is 26.7 Å². The van der Waals surface area contributed by atoms with Gasteiger partial charge in [-0.3, -0.25) is 4.79 Å². The molecule has 16 heteroatoms. The Hall–Kier alpha value is -1.09. The Kier molecular flexibility index (Phi) is 45.1. The minimum absolute atomic E-state index is 0.00724. The topological polar surface area (TPSA) is 167 Å². The maximum Gasteiger partial charge on any atom is 0.308 e. The zero-order valence-electron chi connectivity index (χ0n) is 32.3. The summed E-state index contributed by atoms with van der Waals surface area (Å²) in [4.78, 5) is 12.0. The maximum absolute atomic E-state index is 12.0. The molecule has 0 aliphatic heterocycles. The summed E-state index contributed by atoms with van der Waals surface area (Å²) < 4.78 is 75.8. The molecule has 0 aromatic heterocycles. The summed E-state index contributed by atoms with van der Waals surface area (Å²) in [6, 6.07) is 0. The Labute approximate surface area is 312 Å². The number of aliphatic hydroxyl groups excluding tert-OH is 1. The smallest absolute Gasteiger partial charge is 0.308 e. The summed E-state index contributed by atoms with van der Waals surface area (Å²) in [6.45, 7) is 16.9. The van der Waals surface area contributed by atoms with Crippen LogP contribution in [0.4, 0.5) is 0 Å². The molecule has 0 amide bonds. The van der Waals surface area contributed by atoms with E-state index in [9.17, 15) is 4.79 Å². The van der Waals surface area contributed by atoms with Crippen LogP contribution in [0, 0.1) is 5.92 Å². The predicted octanol–water partition coefficient (Wildman–Crippen LogP) is 1.95. The standard InChI is InChI=1S/C36H72O16/c1-3-5-6-35(4-2)36(38)52-34-33-51-32-31-50-30-29-49-28-27-48-26-25-47-24-23-46-22-21-45-20-19-44-18-17-43-16-15-42-14-13-41-12-11-40-10-9-39-8-7-37/h35,37H,3-34H2,1-2H3. The van der Waals surface area contributed by atoms with Crippen molar-refractivity contribution in [3.05, 3.63) is 0 Å². The van der Waals surface area contributed by atoms with Crippen molar-refractivity contribution < 1.29 is 76.2 Å². The highest BCUT2D eigenvalue weighted by Crippen LogP contribution is 2.14. The molecule has 0 heterocycles. The molecular weight excluding hydrogens is 688 g/mol. The molecule has 312 valence electrons. The van der Waals surface area contributed by atoms with Gasteiger partial charge in [-0.05, 0) is 12.8 Å². The molecule has 0 aliphatic carbocycles. The number of hydrogen-bond acceptors (Lipinski definition) is 16. The third kappa shape index (κ3) is 41.7. The molecular formula is C36H72O16. The van der Waals surface area contributed by atoms with E-state index in [1.54, 1.807) is 0 Å². The fourth-order valence-electron chi connectivity index (χ4n) is 4.06. The highest BCUT2D eigenvalue weighted by atomic mass is 16.6. The third-order valence-corrected chi connectivity index (χ3v) is 6.90. The van der Waals surface area contributed by atoms with Gasteiger partial charge in [-0.25, -0.2) is 0 Å². The van der Waals surface area contributed by atoms with E-state index in [0.29, 0.717) is 172 Å². The molecule has 16 nitrogen and oxygen atoms in total. The first-order valence-corrected chi connectivity index (χ1v) is 19.0. The lowest BCUT2D eigenvalue weighted by Crippen LogP contribution is -2.20. The summed E-state index contributed by atoms with van der Waals surface area (Å²) >= 11 is 0. The van der Waals surface area contributed by atoms with Crippen LogP contribution in [-0.4, -0.2) is 196 Å². The van der Waals surface area contributed by atoms with Gasteiger partial charge in [0.1, 0.15) is 6.61 Å². The number of aliphatic hydroxyl groups is 1. The minimum atomic E-state index is -0.123. The number of carbonyl (C=O) groups is 1. The second kappa shape index (κ2) is 46.1. The molecule has 0 spiro atoms. The lowest BCUT2D eigenvalue weighted by molar-refractivity contribution is -0.150. The fraction of sp³-hybridized carbons (Fsp3) is 0.972. The minimum Gasteiger partial charge on any atom is -0.463 e. The average molecular weight is 761 g/mol. The summed E-state index contributed by atoms with van der Waals surface area (Å²) in [6.07, 6.45) is 3.82. The van der Waals surface area contributed by atoms with Crippen LogP contribution in [-0.2, 0) is 71.1 Å². The van der Waals surface area contributed by atoms with Crippen molar-refractivity contribution in [3.63, 3.8) is 0 Å². The highest BCUT2D eigenvalue weighted by Gasteiger charge is 2.17. The second-order valence-electron chi connectivity index (χ2n) is 11.1. The highest BCUT2D eigenvalue weighted by molar-refractivity contribution is 5.72. The molecule has 1 N–H and O–H groups in total. The van der Waals surface area contributed by atoms with Gasteiger partial charge >= 0.3 is 5.97 Å². The Bertz CT molecular complexity index is 678. The number of rotatable bonds is 46. The van der Waals surface area contributed by atoms with E-state index in [0.717, 1.165) is 25.7 Å². The van der Waals surface area contributed by atoms with Crippen LogP contribution in [0.1, 0.15) is 39.5 Å². The van der Waals surface area contributed by atoms with E-state index in [2.05, 4.69) is 6.92 Å². The number of unbranched alkanes of at least 4 members (excludes halogenated alkanes) is 1. The Morgan fingerprint density at radius 2 is 0.615 bits per heavy atom. The molecule has 52 heavy (non-hydrogen) atoms. The van der Waals surface area contributed by atoms with E-state index in [1.807, 2.05) is 6.92 Å². The van der Waals surface area contributed by atoms with Gasteiger partial charge in [0.25, 0.3) is 0 Å². The molecule has 1 unspecified atom stereocenters. The Morgan fingerprint density at radius 3 is 0.827 bits per heavy atom. The molecule has 0 saturated heterocycles. The van der Waals surface area contributed by atoms with Crippen molar-refractivity contribution in [2.45, 2.75) is 39.5 Å². The van der Waals surface area contributed by atoms with Gasteiger partial charge in [-0.15, -0.1) is 0 Å². The lowest BCUT2D eigenvalue weighted by Gasteiger charge is -2.13. The Balaban J connectivity index is 3.12. The summed E-state index contributed by atoms with van der Waals surface area (Å²) in [7, 11) is 0. The average Bonchev–Trinajstić information content (AvgIpc) is 3.15. The third-order valence-electron chi connectivity index (χ3n) is 6.90. The van der Waals surface area contributed by atoms with Gasteiger partial charge in [0.15, 0.2) is 0 Å². The number of esters is 1. The Morgan fingerprint density at radius 1 is 0.385 bits per heavy atom. The molecule has 0 aromatic carbocycles. The molecule has 0 rings (SSSR count). The van der Waals surface area contributed by atoms with E-state index in [1.165, 1.54) is 0 Å². The van der Waals surface area contributed by atoms with E-state index < -0.39 is 0 Å². The van der Waals surface area contributed by atoms with Crippen LogP contribution in [0.3, 0.4) is 0 Å². The van der Waals surface area contributed by atoms with Crippen LogP contribution in [0.15, 0.2) is 0 Å². The van der Waals surface area contributed by atoms with Crippen molar-refractivity contribution in [2.75, 3.05) is 185 Å². The van der Waals surface area contributed by atoms with Gasteiger partial charge in [0.05, 0.1) is 184 Å². The zero-order chi connectivity index (χ0) is 37.7. The predicted molar refractivity (Wildman–Crippen MR) is 192 cm³/mol. The van der Waals surface area contributed by atoms with E-state index in [4.69, 9.17) is 71.4 Å². The van der Waals surface area contributed by atoms with Crippen LogP contribution < -0.4 is 0 Å². The number of carbonyl (C=O) groups excluding carboxylic acids is 1. The first-order chi connectivity index (χ1) is 25.8. The van der Waals surface area contributed by atoms with Gasteiger partial charge in [0, 0.05) is 0 Å². The van der Waals surface area contributed by atoms with Crippen molar-refractivity contribution in [1.29, 1.82) is 0 Å². The van der Waals surface area contributed by atoms with Crippen LogP contribution in [0.25, 0.3) is 0 Å². The van der Waals surface area contributed by atoms with Crippen LogP contribution >= 0.6 is 0 Å². The van der Waals surface area contributed by atoms with Crippen molar-refractivity contribution >= 4 is 5.97 Å². The first kappa shape index (κ1) is 50.9. The molecule has 0 aliphatic rings. The summed E-state index contributed by atoms with van der Waals surface area (Å²) in [5.41, 5.74) is 0. The largest absolute Gasteiger partial charge is 0.463 e. The monoisotopic (exact) mass is 760 g/mol.